The van der Waals surface area contributed by atoms with Gasteiger partial charge in [-0.25, -0.2) is 4.98 Å². The summed E-state index contributed by atoms with van der Waals surface area (Å²) in [6.07, 6.45) is 0.451. The Hall–Kier alpha value is -2.01. The van der Waals surface area contributed by atoms with E-state index in [4.69, 9.17) is 28.5 Å². The van der Waals surface area contributed by atoms with E-state index in [-0.39, 0.29) is 22.4 Å². The number of H-pyrrole nitrogens is 1. The Labute approximate surface area is 152 Å². The van der Waals surface area contributed by atoms with Gasteiger partial charge in [0.25, 0.3) is 5.56 Å². The second kappa shape index (κ2) is 8.20. The van der Waals surface area contributed by atoms with Crippen molar-refractivity contribution in [1.82, 2.24) is 9.97 Å². The lowest BCUT2D eigenvalue weighted by molar-refractivity contribution is -0.113. The van der Waals surface area contributed by atoms with Crippen LogP contribution in [0, 0.1) is 11.3 Å². The van der Waals surface area contributed by atoms with Gasteiger partial charge in [-0.3, -0.25) is 9.59 Å². The van der Waals surface area contributed by atoms with Crippen molar-refractivity contribution < 1.29 is 4.79 Å². The second-order valence-electron chi connectivity index (χ2n) is 4.62. The number of nitrogens with one attached hydrogen (secondary N) is 2. The fraction of sp³-hybridized carbons (Fsp3) is 0.200. The van der Waals surface area contributed by atoms with Gasteiger partial charge in [0, 0.05) is 5.02 Å². The first-order valence-corrected chi connectivity index (χ1v) is 8.59. The third kappa shape index (κ3) is 4.51. The summed E-state index contributed by atoms with van der Waals surface area (Å²) in [7, 11) is 0. The lowest BCUT2D eigenvalue weighted by Gasteiger charge is -2.08. The number of nitrogens with zero attached hydrogens (tertiary/aromatic N) is 2. The van der Waals surface area contributed by atoms with Gasteiger partial charge < -0.3 is 10.3 Å². The molecule has 1 aromatic heterocycles. The maximum Gasteiger partial charge on any atom is 0.269 e. The lowest BCUT2D eigenvalue weighted by atomic mass is 10.2. The predicted octanol–water partition coefficient (Wildman–Crippen LogP) is 3.24. The van der Waals surface area contributed by atoms with Gasteiger partial charge in [0.15, 0.2) is 5.16 Å². The molecule has 0 atom stereocenters. The molecule has 0 radical (unpaired) electrons. The number of rotatable bonds is 5. The molecule has 0 fully saturated rings. The van der Waals surface area contributed by atoms with E-state index < -0.39 is 5.56 Å². The molecule has 0 spiro atoms. The van der Waals surface area contributed by atoms with E-state index in [1.807, 2.05) is 6.07 Å². The van der Waals surface area contributed by atoms with Crippen LogP contribution in [0.2, 0.25) is 10.0 Å². The van der Waals surface area contributed by atoms with Crippen molar-refractivity contribution in [2.45, 2.75) is 18.5 Å². The number of nitriles is 1. The summed E-state index contributed by atoms with van der Waals surface area (Å²) in [4.78, 5) is 30.5. The van der Waals surface area contributed by atoms with Crippen molar-refractivity contribution in [3.63, 3.8) is 0 Å². The minimum absolute atomic E-state index is 0.000697. The third-order valence-electron chi connectivity index (χ3n) is 2.96. The monoisotopic (exact) mass is 382 g/mol. The highest BCUT2D eigenvalue weighted by atomic mass is 35.5. The summed E-state index contributed by atoms with van der Waals surface area (Å²) in [6.45, 7) is 1.80. The van der Waals surface area contributed by atoms with Crippen LogP contribution in [0.1, 0.15) is 18.2 Å². The van der Waals surface area contributed by atoms with Crippen molar-refractivity contribution in [3.8, 4) is 6.07 Å². The molecule has 124 valence electrons. The molecule has 0 bridgehead atoms. The minimum Gasteiger partial charge on any atom is -0.324 e. The van der Waals surface area contributed by atoms with Crippen molar-refractivity contribution >= 4 is 46.6 Å². The molecule has 6 nitrogen and oxygen atoms in total. The Balaban J connectivity index is 2.05. The molecule has 2 aromatic rings. The summed E-state index contributed by atoms with van der Waals surface area (Å²) < 4.78 is 0. The van der Waals surface area contributed by atoms with Crippen LogP contribution in [0.15, 0.2) is 28.2 Å². The van der Waals surface area contributed by atoms with Crippen LogP contribution in [-0.2, 0) is 11.2 Å². The van der Waals surface area contributed by atoms with E-state index in [1.54, 1.807) is 19.1 Å². The van der Waals surface area contributed by atoms with Gasteiger partial charge in [-0.15, -0.1) is 0 Å². The number of carbonyl (C=O) groups is 1. The number of carbonyl (C=O) groups excluding carboxylic acids is 1. The Bertz CT molecular complexity index is 877. The molecular formula is C15H12Cl2N4O2S. The molecule has 0 saturated carbocycles. The van der Waals surface area contributed by atoms with Crippen molar-refractivity contribution in [2.75, 3.05) is 11.1 Å². The SMILES string of the molecule is CCc1nc(SCC(=O)Nc2ccc(Cl)cc2Cl)[nH]c(=O)c1C#N. The van der Waals surface area contributed by atoms with E-state index in [0.717, 1.165) is 11.8 Å². The molecule has 0 aliphatic rings. The Morgan fingerprint density at radius 3 is 2.83 bits per heavy atom. The fourth-order valence-electron chi connectivity index (χ4n) is 1.85. The van der Waals surface area contributed by atoms with Gasteiger partial charge in [-0.05, 0) is 24.6 Å². The molecule has 24 heavy (non-hydrogen) atoms. The Morgan fingerprint density at radius 1 is 1.46 bits per heavy atom. The highest BCUT2D eigenvalue weighted by molar-refractivity contribution is 7.99. The smallest absolute Gasteiger partial charge is 0.269 e. The third-order valence-corrected chi connectivity index (χ3v) is 4.39. The summed E-state index contributed by atoms with van der Waals surface area (Å²) in [5, 5.41) is 12.7. The highest BCUT2D eigenvalue weighted by Gasteiger charge is 2.12. The molecule has 9 heteroatoms. The normalized spacial score (nSPS) is 10.2. The van der Waals surface area contributed by atoms with Gasteiger partial charge in [-0.1, -0.05) is 41.9 Å². The Kier molecular flexibility index (Phi) is 6.26. The highest BCUT2D eigenvalue weighted by Crippen LogP contribution is 2.25. The molecule has 2 N–H and O–H groups in total. The molecule has 0 unspecified atom stereocenters. The molecule has 1 aromatic carbocycles. The first-order valence-electron chi connectivity index (χ1n) is 6.85. The number of aromatic nitrogens is 2. The van der Waals surface area contributed by atoms with E-state index in [9.17, 15) is 9.59 Å². The summed E-state index contributed by atoms with van der Waals surface area (Å²) in [5.74, 6) is -0.286. The summed E-state index contributed by atoms with van der Waals surface area (Å²) >= 11 is 12.8. The second-order valence-corrected chi connectivity index (χ2v) is 6.43. The van der Waals surface area contributed by atoms with Gasteiger partial charge >= 0.3 is 0 Å². The van der Waals surface area contributed by atoms with E-state index in [2.05, 4.69) is 15.3 Å². The zero-order valence-electron chi connectivity index (χ0n) is 12.5. The van der Waals surface area contributed by atoms with Gasteiger partial charge in [0.05, 0.1) is 22.2 Å². The molecular weight excluding hydrogens is 371 g/mol. The number of aromatic amines is 1. The fourth-order valence-corrected chi connectivity index (χ4v) is 2.98. The molecule has 1 amide bonds. The van der Waals surface area contributed by atoms with Crippen molar-refractivity contribution in [2.24, 2.45) is 0 Å². The van der Waals surface area contributed by atoms with E-state index in [0.29, 0.717) is 27.8 Å². The van der Waals surface area contributed by atoms with Crippen LogP contribution < -0.4 is 10.9 Å². The first kappa shape index (κ1) is 18.3. The van der Waals surface area contributed by atoms with Crippen LogP contribution in [-0.4, -0.2) is 21.6 Å². The number of anilines is 1. The summed E-state index contributed by atoms with van der Waals surface area (Å²) in [5.41, 5.74) is 0.347. The minimum atomic E-state index is -0.506. The summed E-state index contributed by atoms with van der Waals surface area (Å²) in [6, 6.07) is 6.57. The van der Waals surface area contributed by atoms with Crippen LogP contribution >= 0.6 is 35.0 Å². The number of benzene rings is 1. The van der Waals surface area contributed by atoms with Crippen LogP contribution in [0.3, 0.4) is 0 Å². The van der Waals surface area contributed by atoms with Crippen LogP contribution in [0.5, 0.6) is 0 Å². The van der Waals surface area contributed by atoms with E-state index >= 15 is 0 Å². The maximum absolute atomic E-state index is 12.0. The van der Waals surface area contributed by atoms with Crippen molar-refractivity contribution in [1.29, 1.82) is 5.26 Å². The molecule has 2 rings (SSSR count). The first-order chi connectivity index (χ1) is 11.4. The molecule has 0 saturated heterocycles. The number of aryl methyl sites for hydroxylation is 1. The van der Waals surface area contributed by atoms with E-state index in [1.165, 1.54) is 6.07 Å². The largest absolute Gasteiger partial charge is 0.324 e. The number of hydrogen-bond acceptors (Lipinski definition) is 5. The number of halogens is 2. The van der Waals surface area contributed by atoms with Crippen LogP contribution in [0.25, 0.3) is 0 Å². The average molecular weight is 383 g/mol. The average Bonchev–Trinajstić information content (AvgIpc) is 2.55. The lowest BCUT2D eigenvalue weighted by Crippen LogP contribution is -2.18. The predicted molar refractivity (Wildman–Crippen MR) is 94.8 cm³/mol. The zero-order chi connectivity index (χ0) is 17.7. The van der Waals surface area contributed by atoms with Gasteiger partial charge in [0.1, 0.15) is 11.6 Å². The molecule has 1 heterocycles. The van der Waals surface area contributed by atoms with Crippen LogP contribution in [0.4, 0.5) is 5.69 Å². The number of amides is 1. The molecule has 0 aliphatic heterocycles. The molecule has 0 aliphatic carbocycles. The maximum atomic E-state index is 12.0. The number of hydrogen-bond donors (Lipinski definition) is 2. The van der Waals surface area contributed by atoms with Gasteiger partial charge in [0.2, 0.25) is 5.91 Å². The van der Waals surface area contributed by atoms with Gasteiger partial charge in [-0.2, -0.15) is 5.26 Å². The standard InChI is InChI=1S/C15H12Cl2N4O2S/c1-2-11-9(6-18)14(23)21-15(20-11)24-7-13(22)19-12-4-3-8(16)5-10(12)17/h3-5H,2,7H2,1H3,(H,19,22)(H,20,21,23). The Morgan fingerprint density at radius 2 is 2.21 bits per heavy atom. The quantitative estimate of drug-likeness (QED) is 0.610. The van der Waals surface area contributed by atoms with Crippen molar-refractivity contribution in [3.05, 3.63) is 49.9 Å². The number of thioether (sulfide) groups is 1. The zero-order valence-corrected chi connectivity index (χ0v) is 14.8. The topological polar surface area (TPSA) is 98.6 Å².